The summed E-state index contributed by atoms with van der Waals surface area (Å²) < 4.78 is 0. The van der Waals surface area contributed by atoms with Gasteiger partial charge in [-0.25, -0.2) is 0 Å². The number of hydrogen-bond donors (Lipinski definition) is 2. The predicted molar refractivity (Wildman–Crippen MR) is 124 cm³/mol. The van der Waals surface area contributed by atoms with Crippen LogP contribution in [0.5, 0.6) is 0 Å². The first-order valence-electron chi connectivity index (χ1n) is 12.4. The summed E-state index contributed by atoms with van der Waals surface area (Å²) in [5.41, 5.74) is 0.873. The lowest BCUT2D eigenvalue weighted by Gasteiger charge is -2.22. The number of amides is 1. The minimum atomic E-state index is -0.642. The van der Waals surface area contributed by atoms with Gasteiger partial charge in [0.15, 0.2) is 0 Å². The number of hydrogen-bond acceptors (Lipinski definition) is 3. The number of carbonyl (C=O) groups excluding carboxylic acids is 1. The first-order chi connectivity index (χ1) is 14.3. The van der Waals surface area contributed by atoms with Crippen LogP contribution < -0.4 is 0 Å². The highest BCUT2D eigenvalue weighted by Gasteiger charge is 2.43. The summed E-state index contributed by atoms with van der Waals surface area (Å²) in [6, 6.07) is 0. The van der Waals surface area contributed by atoms with E-state index in [1.165, 1.54) is 5.57 Å². The highest BCUT2D eigenvalue weighted by molar-refractivity contribution is 5.76. The molecule has 0 unspecified atom stereocenters. The molecule has 2 aliphatic carbocycles. The monoisotopic (exact) mass is 419 g/mol. The van der Waals surface area contributed by atoms with E-state index >= 15 is 0 Å². The van der Waals surface area contributed by atoms with E-state index in [0.717, 1.165) is 64.5 Å². The fourth-order valence-corrected chi connectivity index (χ4v) is 5.29. The standard InChI is InChI=1S/C26H45NO3/c1-5-8-15-26(4,30)16-11-13-22-23-18-20(17-21(23)19-24(22)28)12-9-10-14-25(29)27(6-2)7-3/h11,13,17,21-24,28,30H,5-10,12,14-16,18-19H2,1-4H3/b13-11+/t21-,22+,23-,24+,26+/m0/s1. The van der Waals surface area contributed by atoms with E-state index in [4.69, 9.17) is 0 Å². The summed E-state index contributed by atoms with van der Waals surface area (Å²) in [7, 11) is 0. The number of nitrogens with zero attached hydrogens (tertiary/aromatic N) is 1. The van der Waals surface area contributed by atoms with Crippen LogP contribution in [-0.4, -0.2) is 45.8 Å². The van der Waals surface area contributed by atoms with Gasteiger partial charge < -0.3 is 15.1 Å². The quantitative estimate of drug-likeness (QED) is 0.317. The third kappa shape index (κ3) is 7.23. The van der Waals surface area contributed by atoms with Gasteiger partial charge >= 0.3 is 0 Å². The van der Waals surface area contributed by atoms with Gasteiger partial charge in [-0.05, 0) is 77.6 Å². The molecule has 4 nitrogen and oxygen atoms in total. The average Bonchev–Trinajstić information content (AvgIpc) is 3.22. The average molecular weight is 420 g/mol. The van der Waals surface area contributed by atoms with E-state index in [1.807, 2.05) is 25.7 Å². The number of allylic oxidation sites excluding steroid dienone is 2. The van der Waals surface area contributed by atoms with Crippen LogP contribution in [0.2, 0.25) is 0 Å². The number of fused-ring (bicyclic) bond motifs is 1. The molecule has 0 radical (unpaired) electrons. The Morgan fingerprint density at radius 1 is 1.23 bits per heavy atom. The molecule has 0 aromatic carbocycles. The minimum Gasteiger partial charge on any atom is -0.392 e. The largest absolute Gasteiger partial charge is 0.392 e. The van der Waals surface area contributed by atoms with Gasteiger partial charge in [0.1, 0.15) is 0 Å². The Labute approximate surface area is 184 Å². The fraction of sp³-hybridized carbons (Fsp3) is 0.808. The maximum Gasteiger partial charge on any atom is 0.222 e. The van der Waals surface area contributed by atoms with Crippen molar-refractivity contribution in [3.05, 3.63) is 23.8 Å². The van der Waals surface area contributed by atoms with E-state index < -0.39 is 5.60 Å². The normalized spacial score (nSPS) is 27.9. The summed E-state index contributed by atoms with van der Waals surface area (Å²) in [6.45, 7) is 9.74. The van der Waals surface area contributed by atoms with Crippen LogP contribution in [0.3, 0.4) is 0 Å². The van der Waals surface area contributed by atoms with Crippen molar-refractivity contribution < 1.29 is 15.0 Å². The molecule has 2 N–H and O–H groups in total. The second-order valence-electron chi connectivity index (χ2n) is 9.74. The first-order valence-corrected chi connectivity index (χ1v) is 12.4. The summed E-state index contributed by atoms with van der Waals surface area (Å²) in [5.74, 6) is 1.47. The van der Waals surface area contributed by atoms with Gasteiger partial charge in [0, 0.05) is 25.4 Å². The van der Waals surface area contributed by atoms with Gasteiger partial charge in [0.2, 0.25) is 5.91 Å². The van der Waals surface area contributed by atoms with Gasteiger partial charge in [-0.2, -0.15) is 0 Å². The van der Waals surface area contributed by atoms with E-state index in [9.17, 15) is 15.0 Å². The Balaban J connectivity index is 1.77. The van der Waals surface area contributed by atoms with Gasteiger partial charge in [-0.15, -0.1) is 0 Å². The molecule has 0 saturated heterocycles. The summed E-state index contributed by atoms with van der Waals surface area (Å²) in [5, 5.41) is 21.0. The van der Waals surface area contributed by atoms with Crippen molar-refractivity contribution in [2.75, 3.05) is 13.1 Å². The molecule has 0 aliphatic heterocycles. The van der Waals surface area contributed by atoms with Gasteiger partial charge in [0.05, 0.1) is 11.7 Å². The van der Waals surface area contributed by atoms with E-state index in [2.05, 4.69) is 25.2 Å². The zero-order chi connectivity index (χ0) is 22.1. The van der Waals surface area contributed by atoms with Crippen LogP contribution in [0.15, 0.2) is 23.8 Å². The van der Waals surface area contributed by atoms with Crippen molar-refractivity contribution in [1.29, 1.82) is 0 Å². The number of aliphatic hydroxyl groups excluding tert-OH is 1. The van der Waals surface area contributed by atoms with Crippen molar-refractivity contribution in [3.8, 4) is 0 Å². The molecule has 1 saturated carbocycles. The SMILES string of the molecule is CCCC[C@@](C)(O)C/C=C/[C@@H]1[C@H]2CC(CCCCC(=O)N(CC)CC)=C[C@H]2C[C@H]1O. The second-order valence-corrected chi connectivity index (χ2v) is 9.74. The predicted octanol–water partition coefficient (Wildman–Crippen LogP) is 5.25. The van der Waals surface area contributed by atoms with E-state index in [0.29, 0.717) is 24.7 Å². The Morgan fingerprint density at radius 3 is 2.63 bits per heavy atom. The lowest BCUT2D eigenvalue weighted by atomic mass is 9.87. The smallest absolute Gasteiger partial charge is 0.222 e. The molecule has 4 heteroatoms. The molecule has 0 spiro atoms. The highest BCUT2D eigenvalue weighted by Crippen LogP contribution is 2.48. The van der Waals surface area contributed by atoms with Crippen LogP contribution >= 0.6 is 0 Å². The van der Waals surface area contributed by atoms with Gasteiger partial charge in [-0.3, -0.25) is 4.79 Å². The molecule has 0 heterocycles. The third-order valence-electron chi connectivity index (χ3n) is 7.19. The van der Waals surface area contributed by atoms with Crippen LogP contribution in [0, 0.1) is 17.8 Å². The molecule has 1 amide bonds. The number of rotatable bonds is 13. The lowest BCUT2D eigenvalue weighted by molar-refractivity contribution is -0.130. The molecular weight excluding hydrogens is 374 g/mol. The molecule has 0 bridgehead atoms. The maximum absolute atomic E-state index is 12.1. The topological polar surface area (TPSA) is 60.8 Å². The molecule has 172 valence electrons. The van der Waals surface area contributed by atoms with Crippen molar-refractivity contribution in [1.82, 2.24) is 4.90 Å². The van der Waals surface area contributed by atoms with Crippen LogP contribution in [0.1, 0.15) is 91.9 Å². The van der Waals surface area contributed by atoms with Crippen molar-refractivity contribution in [3.63, 3.8) is 0 Å². The molecule has 0 aromatic heterocycles. The molecule has 0 aromatic rings. The summed E-state index contributed by atoms with van der Waals surface area (Å²) in [6.07, 6.45) is 15.8. The molecule has 5 atom stereocenters. The van der Waals surface area contributed by atoms with Crippen LogP contribution in [-0.2, 0) is 4.79 Å². The van der Waals surface area contributed by atoms with Crippen LogP contribution in [0.25, 0.3) is 0 Å². The molecule has 2 aliphatic rings. The van der Waals surface area contributed by atoms with Gasteiger partial charge in [-0.1, -0.05) is 43.6 Å². The van der Waals surface area contributed by atoms with Gasteiger partial charge in [0.25, 0.3) is 0 Å². The zero-order valence-corrected chi connectivity index (χ0v) is 19.8. The molecular formula is C26H45NO3. The number of aliphatic hydroxyl groups is 2. The zero-order valence-electron chi connectivity index (χ0n) is 19.8. The fourth-order valence-electron chi connectivity index (χ4n) is 5.29. The lowest BCUT2D eigenvalue weighted by Crippen LogP contribution is -2.30. The summed E-state index contributed by atoms with van der Waals surface area (Å²) in [4.78, 5) is 14.0. The third-order valence-corrected chi connectivity index (χ3v) is 7.19. The highest BCUT2D eigenvalue weighted by atomic mass is 16.3. The molecule has 1 fully saturated rings. The maximum atomic E-state index is 12.1. The number of unbranched alkanes of at least 4 members (excludes halogenated alkanes) is 2. The minimum absolute atomic E-state index is 0.204. The van der Waals surface area contributed by atoms with Crippen molar-refractivity contribution in [2.45, 2.75) is 104 Å². The first kappa shape index (κ1) is 25.1. The molecule has 2 rings (SSSR count). The number of carbonyl (C=O) groups is 1. The van der Waals surface area contributed by atoms with Crippen molar-refractivity contribution in [2.24, 2.45) is 17.8 Å². The summed E-state index contributed by atoms with van der Waals surface area (Å²) >= 11 is 0. The Morgan fingerprint density at radius 2 is 1.97 bits per heavy atom. The Kier molecular flexibility index (Phi) is 10.1. The molecule has 30 heavy (non-hydrogen) atoms. The van der Waals surface area contributed by atoms with Crippen LogP contribution in [0.4, 0.5) is 0 Å². The Hall–Kier alpha value is -1.13. The Bertz CT molecular complexity index is 591. The van der Waals surface area contributed by atoms with E-state index in [1.54, 1.807) is 0 Å². The second kappa shape index (κ2) is 12.0. The van der Waals surface area contributed by atoms with E-state index in [-0.39, 0.29) is 17.9 Å². The van der Waals surface area contributed by atoms with Crippen molar-refractivity contribution >= 4 is 5.91 Å².